The fourth-order valence-corrected chi connectivity index (χ4v) is 2.03. The van der Waals surface area contributed by atoms with Crippen LogP contribution in [0.1, 0.15) is 6.42 Å². The number of carbonyl (C=O) groups excluding carboxylic acids is 1. The van der Waals surface area contributed by atoms with Crippen LogP contribution in [0.15, 0.2) is 0 Å². The maximum absolute atomic E-state index is 10.3. The first-order valence-corrected chi connectivity index (χ1v) is 6.81. The zero-order valence-corrected chi connectivity index (χ0v) is 8.68. The van der Waals surface area contributed by atoms with Crippen molar-refractivity contribution in [3.63, 3.8) is 0 Å². The molecule has 0 rings (SSSR count). The van der Waals surface area contributed by atoms with Crippen molar-refractivity contribution in [3.05, 3.63) is 0 Å². The lowest BCUT2D eigenvalue weighted by atomic mass is 10.4. The van der Waals surface area contributed by atoms with Crippen LogP contribution in [0, 0.1) is 0 Å². The van der Waals surface area contributed by atoms with Gasteiger partial charge in [-0.05, 0) is 11.4 Å². The highest BCUT2D eigenvalue weighted by Crippen LogP contribution is 2.49. The highest BCUT2D eigenvalue weighted by atomic mass is 32.7. The van der Waals surface area contributed by atoms with Gasteiger partial charge in [0, 0.05) is 25.3 Å². The highest BCUT2D eigenvalue weighted by Gasteiger charge is 2.11. The predicted octanol–water partition coefficient (Wildman–Crippen LogP) is -0.723. The number of amides is 1. The summed E-state index contributed by atoms with van der Waals surface area (Å²) >= 11 is 0.580. The second-order valence-corrected chi connectivity index (χ2v) is 6.14. The standard InChI is InChI=1S/C5H13N2O4PS/c6-5(8)1-2-7-3-4-13-12(9,10)11/h7H,1-4H2,(H2,6,8)(H2,9,10,11). The average Bonchev–Trinajstić information content (AvgIpc) is 1.93. The fourth-order valence-electron chi connectivity index (χ4n) is 0.573. The largest absolute Gasteiger partial charge is 0.384 e. The Kier molecular flexibility index (Phi) is 6.36. The lowest BCUT2D eigenvalue weighted by Gasteiger charge is -2.03. The molecule has 0 fully saturated rings. The van der Waals surface area contributed by atoms with E-state index in [1.807, 2.05) is 0 Å². The van der Waals surface area contributed by atoms with Crippen LogP contribution < -0.4 is 11.1 Å². The van der Waals surface area contributed by atoms with Gasteiger partial charge in [0.25, 0.3) is 0 Å². The normalized spacial score (nSPS) is 11.5. The zero-order valence-electron chi connectivity index (χ0n) is 6.97. The van der Waals surface area contributed by atoms with Crippen molar-refractivity contribution >= 4 is 24.1 Å². The van der Waals surface area contributed by atoms with Gasteiger partial charge in [-0.25, -0.2) is 4.57 Å². The van der Waals surface area contributed by atoms with Gasteiger partial charge < -0.3 is 20.8 Å². The Hall–Kier alpha value is -0.0700. The summed E-state index contributed by atoms with van der Waals surface area (Å²) in [5.74, 6) is -0.0848. The molecule has 0 spiro atoms. The minimum absolute atomic E-state index is 0.237. The van der Waals surface area contributed by atoms with Crippen LogP contribution in [-0.2, 0) is 9.36 Å². The molecule has 0 aromatic carbocycles. The quantitative estimate of drug-likeness (QED) is 0.338. The molecule has 0 heterocycles. The molecule has 0 saturated carbocycles. The molecule has 78 valence electrons. The number of primary amides is 1. The Labute approximate surface area is 80.2 Å². The molecule has 8 heteroatoms. The molecule has 0 radical (unpaired) electrons. The van der Waals surface area contributed by atoms with Gasteiger partial charge in [-0.1, -0.05) is 0 Å². The third kappa shape index (κ3) is 11.9. The maximum atomic E-state index is 10.3. The Morgan fingerprint density at radius 3 is 2.54 bits per heavy atom. The summed E-state index contributed by atoms with van der Waals surface area (Å²) in [6.07, 6.45) is 0.237. The fraction of sp³-hybridized carbons (Fsp3) is 0.800. The number of carbonyl (C=O) groups is 1. The van der Waals surface area contributed by atoms with Gasteiger partial charge in [0.1, 0.15) is 0 Å². The summed E-state index contributed by atoms with van der Waals surface area (Å²) in [6, 6.07) is 0. The van der Waals surface area contributed by atoms with Gasteiger partial charge in [0.2, 0.25) is 5.91 Å². The molecule has 6 nitrogen and oxygen atoms in total. The first kappa shape index (κ1) is 12.9. The molecule has 1 amide bonds. The van der Waals surface area contributed by atoms with Gasteiger partial charge in [-0.3, -0.25) is 4.79 Å². The first-order chi connectivity index (χ1) is 5.92. The van der Waals surface area contributed by atoms with E-state index in [-0.39, 0.29) is 6.42 Å². The molecule has 0 aliphatic heterocycles. The minimum atomic E-state index is -3.95. The van der Waals surface area contributed by atoms with Gasteiger partial charge in [-0.15, -0.1) is 0 Å². The smallest absolute Gasteiger partial charge is 0.370 e. The number of hydrogen-bond donors (Lipinski definition) is 4. The molecule has 0 aromatic heterocycles. The second-order valence-electron chi connectivity index (χ2n) is 2.29. The molecule has 0 saturated heterocycles. The molecule has 0 aromatic rings. The van der Waals surface area contributed by atoms with Crippen molar-refractivity contribution in [1.82, 2.24) is 5.32 Å². The van der Waals surface area contributed by atoms with Crippen molar-refractivity contribution in [3.8, 4) is 0 Å². The van der Waals surface area contributed by atoms with E-state index >= 15 is 0 Å². The van der Waals surface area contributed by atoms with Crippen molar-refractivity contribution in [2.75, 3.05) is 18.8 Å². The summed E-state index contributed by atoms with van der Waals surface area (Å²) in [5, 5.41) is 2.82. The molecule has 0 aliphatic rings. The van der Waals surface area contributed by atoms with Crippen LogP contribution in [0.25, 0.3) is 0 Å². The topological polar surface area (TPSA) is 113 Å². The van der Waals surface area contributed by atoms with Crippen molar-refractivity contribution in [1.29, 1.82) is 0 Å². The zero-order chi connectivity index (χ0) is 10.3. The molecule has 0 unspecified atom stereocenters. The lowest BCUT2D eigenvalue weighted by Crippen LogP contribution is -2.23. The van der Waals surface area contributed by atoms with E-state index in [9.17, 15) is 9.36 Å². The van der Waals surface area contributed by atoms with Crippen molar-refractivity contribution in [2.45, 2.75) is 6.42 Å². The first-order valence-electron chi connectivity index (χ1n) is 3.61. The molecule has 13 heavy (non-hydrogen) atoms. The van der Waals surface area contributed by atoms with Crippen LogP contribution in [0.2, 0.25) is 0 Å². The Bertz CT molecular complexity index is 207. The summed E-state index contributed by atoms with van der Waals surface area (Å²) in [5.41, 5.74) is 4.87. The maximum Gasteiger partial charge on any atom is 0.384 e. The summed E-state index contributed by atoms with van der Waals surface area (Å²) in [6.45, 7) is -3.06. The lowest BCUT2D eigenvalue weighted by molar-refractivity contribution is -0.117. The third-order valence-electron chi connectivity index (χ3n) is 1.09. The van der Waals surface area contributed by atoms with Crippen LogP contribution >= 0.6 is 18.2 Å². The van der Waals surface area contributed by atoms with Crippen molar-refractivity contribution < 1.29 is 19.1 Å². The number of nitrogens with one attached hydrogen (secondary N) is 1. The SMILES string of the molecule is NC(=O)CCNCCSP(=O)(O)O. The predicted molar refractivity (Wildman–Crippen MR) is 51.2 cm³/mol. The van der Waals surface area contributed by atoms with Gasteiger partial charge in [-0.2, -0.15) is 0 Å². The molecule has 0 atom stereocenters. The molecular formula is C5H13N2O4PS. The van der Waals surface area contributed by atoms with E-state index in [4.69, 9.17) is 15.5 Å². The highest BCUT2D eigenvalue weighted by molar-refractivity contribution is 8.54. The Morgan fingerprint density at radius 2 is 2.08 bits per heavy atom. The van der Waals surface area contributed by atoms with E-state index in [1.165, 1.54) is 0 Å². The monoisotopic (exact) mass is 228 g/mol. The van der Waals surface area contributed by atoms with Gasteiger partial charge in [0.15, 0.2) is 0 Å². The van der Waals surface area contributed by atoms with E-state index in [0.717, 1.165) is 0 Å². The molecule has 0 bridgehead atoms. The minimum Gasteiger partial charge on any atom is -0.370 e. The molecule has 5 N–H and O–H groups in total. The number of hydrogen-bond acceptors (Lipinski definition) is 4. The molecule has 0 aliphatic carbocycles. The van der Waals surface area contributed by atoms with Crippen LogP contribution in [0.5, 0.6) is 0 Å². The summed E-state index contributed by atoms with van der Waals surface area (Å²) < 4.78 is 10.3. The van der Waals surface area contributed by atoms with E-state index in [1.54, 1.807) is 0 Å². The van der Waals surface area contributed by atoms with Crippen LogP contribution in [0.4, 0.5) is 0 Å². The number of nitrogens with two attached hydrogens (primary N) is 1. The van der Waals surface area contributed by atoms with Crippen molar-refractivity contribution in [2.24, 2.45) is 5.73 Å². The van der Waals surface area contributed by atoms with Crippen LogP contribution in [-0.4, -0.2) is 34.5 Å². The number of rotatable bonds is 7. The Balaban J connectivity index is 3.18. The third-order valence-corrected chi connectivity index (χ3v) is 3.37. The van der Waals surface area contributed by atoms with Crippen LogP contribution in [0.3, 0.4) is 0 Å². The summed E-state index contributed by atoms with van der Waals surface area (Å²) in [4.78, 5) is 27.1. The average molecular weight is 228 g/mol. The second kappa shape index (κ2) is 6.39. The Morgan fingerprint density at radius 1 is 1.46 bits per heavy atom. The van der Waals surface area contributed by atoms with Gasteiger partial charge in [0.05, 0.1) is 0 Å². The van der Waals surface area contributed by atoms with E-state index in [2.05, 4.69) is 5.32 Å². The van der Waals surface area contributed by atoms with E-state index in [0.29, 0.717) is 30.2 Å². The van der Waals surface area contributed by atoms with E-state index < -0.39 is 12.7 Å². The molecular weight excluding hydrogens is 215 g/mol. The summed E-state index contributed by atoms with van der Waals surface area (Å²) in [7, 11) is 0. The van der Waals surface area contributed by atoms with Gasteiger partial charge >= 0.3 is 6.80 Å².